The number of sulfonamides is 1. The van der Waals surface area contributed by atoms with Crippen LogP contribution in [0, 0.1) is 6.92 Å². The summed E-state index contributed by atoms with van der Waals surface area (Å²) in [5.41, 5.74) is 0.193. The quantitative estimate of drug-likeness (QED) is 0.464. The smallest absolute Gasteiger partial charge is 0.268 e. The number of rotatable bonds is 4. The van der Waals surface area contributed by atoms with Crippen molar-refractivity contribution in [3.05, 3.63) is 89.6 Å². The maximum absolute atomic E-state index is 13.1. The Morgan fingerprint density at radius 2 is 1.67 bits per heavy atom. The van der Waals surface area contributed by atoms with Crippen LogP contribution in [0.1, 0.15) is 21.5 Å². The first-order valence-corrected chi connectivity index (χ1v) is 11.1. The highest BCUT2D eigenvalue weighted by Crippen LogP contribution is 2.32. The van der Waals surface area contributed by atoms with Gasteiger partial charge in [0, 0.05) is 11.6 Å². The number of halogens is 3. The van der Waals surface area contributed by atoms with Gasteiger partial charge in [0.15, 0.2) is 0 Å². The molecule has 0 spiro atoms. The van der Waals surface area contributed by atoms with Gasteiger partial charge in [-0.2, -0.15) is 13.2 Å². The highest BCUT2D eigenvalue weighted by atomic mass is 32.2. The second kappa shape index (κ2) is 8.28. The van der Waals surface area contributed by atoms with Crippen molar-refractivity contribution >= 4 is 26.8 Å². The van der Waals surface area contributed by atoms with Gasteiger partial charge in [-0.1, -0.05) is 24.3 Å². The van der Waals surface area contributed by atoms with Gasteiger partial charge >= 0.3 is 6.18 Å². The van der Waals surface area contributed by atoms with Crippen LogP contribution >= 0.6 is 0 Å². The maximum Gasteiger partial charge on any atom is 0.416 e. The number of nitrogens with zero attached hydrogens (tertiary/aromatic N) is 2. The highest BCUT2D eigenvalue weighted by molar-refractivity contribution is 7.90. The largest absolute Gasteiger partial charge is 0.416 e. The molecule has 0 aliphatic rings. The number of benzene rings is 2. The molecular weight excluding hydrogens is 455 g/mol. The number of amides is 1. The molecule has 2 aromatic carbocycles. The number of hydrogen-bond acceptors (Lipinski definition) is 5. The number of alkyl halides is 3. The topological polar surface area (TPSA) is 89.0 Å². The van der Waals surface area contributed by atoms with Gasteiger partial charge < -0.3 is 0 Å². The van der Waals surface area contributed by atoms with Crippen LogP contribution in [0.15, 0.2) is 77.8 Å². The number of carbonyl (C=O) groups is 1. The Hall–Kier alpha value is -3.79. The Morgan fingerprint density at radius 1 is 0.939 bits per heavy atom. The second-order valence-electron chi connectivity index (χ2n) is 7.25. The Balaban J connectivity index is 1.77. The summed E-state index contributed by atoms with van der Waals surface area (Å²) >= 11 is 0. The first-order chi connectivity index (χ1) is 15.5. The van der Waals surface area contributed by atoms with Gasteiger partial charge in [-0.25, -0.2) is 18.1 Å². The molecule has 0 aliphatic heterocycles. The molecule has 0 saturated carbocycles. The van der Waals surface area contributed by atoms with Gasteiger partial charge in [0.05, 0.1) is 32.9 Å². The van der Waals surface area contributed by atoms with Crippen LogP contribution in [0.4, 0.5) is 13.2 Å². The number of para-hydroxylation sites is 1. The second-order valence-corrected chi connectivity index (χ2v) is 8.94. The minimum absolute atomic E-state index is 0.00599. The van der Waals surface area contributed by atoms with Gasteiger partial charge in [0.1, 0.15) is 0 Å². The molecular formula is C23H16F3N3O3S. The number of nitrogens with one attached hydrogen (secondary N) is 1. The Bertz CT molecular complexity index is 1470. The van der Waals surface area contributed by atoms with E-state index < -0.39 is 32.6 Å². The fourth-order valence-corrected chi connectivity index (χ4v) is 4.41. The zero-order chi connectivity index (χ0) is 23.8. The monoisotopic (exact) mass is 471 g/mol. The lowest BCUT2D eigenvalue weighted by molar-refractivity contribution is -0.137. The molecule has 10 heteroatoms. The van der Waals surface area contributed by atoms with Crippen LogP contribution < -0.4 is 4.72 Å². The average Bonchev–Trinajstić information content (AvgIpc) is 2.77. The first kappa shape index (κ1) is 22.4. The zero-order valence-corrected chi connectivity index (χ0v) is 17.9. The first-order valence-electron chi connectivity index (χ1n) is 9.62. The van der Waals surface area contributed by atoms with Crippen LogP contribution in [0.5, 0.6) is 0 Å². The standard InChI is InChI=1S/C23H16F3N3O3S/c1-14-10-15(23(24,25)26)12-16(11-14)33(31,32)29-22(30)18-13-21(20-8-4-5-9-27-20)28-19-7-3-2-6-17(18)19/h2-13H,1H3,(H,29,30). The van der Waals surface area contributed by atoms with Gasteiger partial charge in [0.2, 0.25) is 0 Å². The molecule has 0 radical (unpaired) electrons. The molecule has 168 valence electrons. The van der Waals surface area contributed by atoms with Crippen LogP contribution in [-0.4, -0.2) is 24.3 Å². The molecule has 2 aromatic heterocycles. The summed E-state index contributed by atoms with van der Waals surface area (Å²) in [5, 5.41) is 0.380. The van der Waals surface area contributed by atoms with Crippen molar-refractivity contribution in [2.24, 2.45) is 0 Å². The predicted molar refractivity (Wildman–Crippen MR) is 116 cm³/mol. The summed E-state index contributed by atoms with van der Waals surface area (Å²) in [6.07, 6.45) is -3.19. The molecule has 0 unspecified atom stereocenters. The van der Waals surface area contributed by atoms with E-state index in [0.29, 0.717) is 28.4 Å². The third-order valence-electron chi connectivity index (χ3n) is 4.80. The van der Waals surface area contributed by atoms with Crippen molar-refractivity contribution in [3.63, 3.8) is 0 Å². The molecule has 0 aliphatic carbocycles. The van der Waals surface area contributed by atoms with Crippen LogP contribution in [0.2, 0.25) is 0 Å². The van der Waals surface area contributed by atoms with E-state index in [0.717, 1.165) is 12.1 Å². The summed E-state index contributed by atoms with van der Waals surface area (Å²) in [4.78, 5) is 21.1. The molecule has 33 heavy (non-hydrogen) atoms. The van der Waals surface area contributed by atoms with Gasteiger partial charge in [-0.3, -0.25) is 9.78 Å². The lowest BCUT2D eigenvalue weighted by Crippen LogP contribution is -2.31. The minimum atomic E-state index is -4.74. The molecule has 0 fully saturated rings. The summed E-state index contributed by atoms with van der Waals surface area (Å²) in [7, 11) is -4.59. The van der Waals surface area contributed by atoms with Gasteiger partial charge in [-0.05, 0) is 55.0 Å². The minimum Gasteiger partial charge on any atom is -0.268 e. The Morgan fingerprint density at radius 3 is 2.36 bits per heavy atom. The summed E-state index contributed by atoms with van der Waals surface area (Å²) in [5.74, 6) is -0.999. The van der Waals surface area contributed by atoms with E-state index in [2.05, 4.69) is 9.97 Å². The van der Waals surface area contributed by atoms with Crippen LogP contribution in [0.25, 0.3) is 22.3 Å². The molecule has 0 saturated heterocycles. The number of hydrogen-bond donors (Lipinski definition) is 1. The normalized spacial score (nSPS) is 12.0. The highest BCUT2D eigenvalue weighted by Gasteiger charge is 2.32. The van der Waals surface area contributed by atoms with Gasteiger partial charge in [-0.15, -0.1) is 0 Å². The summed E-state index contributed by atoms with van der Waals surface area (Å²) in [6, 6.07) is 15.5. The van der Waals surface area contributed by atoms with Gasteiger partial charge in [0.25, 0.3) is 15.9 Å². The number of aromatic nitrogens is 2. The fourth-order valence-electron chi connectivity index (χ4n) is 3.31. The molecule has 0 bridgehead atoms. The summed E-state index contributed by atoms with van der Waals surface area (Å²) < 4.78 is 67.0. The number of aryl methyl sites for hydroxylation is 1. The SMILES string of the molecule is Cc1cc(C(F)(F)F)cc(S(=O)(=O)NC(=O)c2cc(-c3ccccn3)nc3ccccc23)c1. The van der Waals surface area contributed by atoms with E-state index in [1.165, 1.54) is 13.0 Å². The van der Waals surface area contributed by atoms with Crippen molar-refractivity contribution < 1.29 is 26.4 Å². The van der Waals surface area contributed by atoms with E-state index in [4.69, 9.17) is 0 Å². The molecule has 2 heterocycles. The van der Waals surface area contributed by atoms with E-state index in [1.54, 1.807) is 48.7 Å². The number of fused-ring (bicyclic) bond motifs is 1. The Labute approximate surface area is 187 Å². The third kappa shape index (κ3) is 4.70. The number of carbonyl (C=O) groups excluding carboxylic acids is 1. The fraction of sp³-hybridized carbons (Fsp3) is 0.0870. The van der Waals surface area contributed by atoms with Crippen LogP contribution in [-0.2, 0) is 16.2 Å². The van der Waals surface area contributed by atoms with E-state index in [-0.39, 0.29) is 11.1 Å². The number of pyridine rings is 2. The average molecular weight is 471 g/mol. The van der Waals surface area contributed by atoms with Crippen LogP contribution in [0.3, 0.4) is 0 Å². The summed E-state index contributed by atoms with van der Waals surface area (Å²) in [6.45, 7) is 1.34. The van der Waals surface area contributed by atoms with E-state index in [1.807, 2.05) is 4.72 Å². The molecule has 6 nitrogen and oxygen atoms in total. The Kier molecular flexibility index (Phi) is 5.62. The molecule has 4 rings (SSSR count). The van der Waals surface area contributed by atoms with Crippen molar-refractivity contribution in [2.75, 3.05) is 0 Å². The molecule has 1 amide bonds. The molecule has 4 aromatic rings. The lowest BCUT2D eigenvalue weighted by Gasteiger charge is -2.13. The molecule has 0 atom stereocenters. The lowest BCUT2D eigenvalue weighted by atomic mass is 10.1. The van der Waals surface area contributed by atoms with Crippen molar-refractivity contribution in [1.29, 1.82) is 0 Å². The zero-order valence-electron chi connectivity index (χ0n) is 17.1. The molecule has 1 N–H and O–H groups in total. The maximum atomic E-state index is 13.1. The van der Waals surface area contributed by atoms with Crippen molar-refractivity contribution in [3.8, 4) is 11.4 Å². The predicted octanol–water partition coefficient (Wildman–Crippen LogP) is 4.74. The van der Waals surface area contributed by atoms with Crippen molar-refractivity contribution in [2.45, 2.75) is 18.0 Å². The van der Waals surface area contributed by atoms with Crippen molar-refractivity contribution in [1.82, 2.24) is 14.7 Å². The van der Waals surface area contributed by atoms with E-state index >= 15 is 0 Å². The third-order valence-corrected chi connectivity index (χ3v) is 6.11. The van der Waals surface area contributed by atoms with E-state index in [9.17, 15) is 26.4 Å².